The topological polar surface area (TPSA) is 57.3 Å². The van der Waals surface area contributed by atoms with Crippen molar-refractivity contribution in [1.29, 1.82) is 0 Å². The van der Waals surface area contributed by atoms with Gasteiger partial charge in [0.05, 0.1) is 19.2 Å². The highest BCUT2D eigenvalue weighted by atomic mass is 35.5. The molecule has 0 bridgehead atoms. The highest BCUT2D eigenvalue weighted by Gasteiger charge is 2.30. The van der Waals surface area contributed by atoms with E-state index in [1.54, 1.807) is 18.2 Å². The smallest absolute Gasteiger partial charge is 0.442 e. The highest BCUT2D eigenvalue weighted by Crippen LogP contribution is 2.31. The first-order chi connectivity index (χ1) is 12.3. The summed E-state index contributed by atoms with van der Waals surface area (Å²) in [6.07, 6.45) is -4.45. The van der Waals surface area contributed by atoms with Crippen LogP contribution in [0.4, 0.5) is 13.2 Å². The van der Waals surface area contributed by atoms with Gasteiger partial charge in [-0.05, 0) is 30.3 Å². The van der Waals surface area contributed by atoms with Gasteiger partial charge in [0.25, 0.3) is 0 Å². The predicted octanol–water partition coefficient (Wildman–Crippen LogP) is 4.23. The lowest BCUT2D eigenvalue weighted by Crippen LogP contribution is -2.17. The average Bonchev–Trinajstić information content (AvgIpc) is 2.95. The lowest BCUT2D eigenvalue weighted by atomic mass is 10.1. The van der Waals surface area contributed by atoms with E-state index < -0.39 is 17.5 Å². The molecule has 9 heteroatoms. The molecule has 3 rings (SSSR count). The molecule has 1 heterocycles. The summed E-state index contributed by atoms with van der Waals surface area (Å²) in [5, 5.41) is 4.12. The normalized spacial score (nSPS) is 11.6. The van der Waals surface area contributed by atoms with Crippen LogP contribution in [0.1, 0.15) is 11.1 Å². The SMILES string of the molecule is COc1ccc(Cl)cc1Cn1c(-c2ccc(C(F)(F)F)cc2)noc1=O. The molecule has 1 aromatic heterocycles. The maximum atomic E-state index is 12.7. The van der Waals surface area contributed by atoms with Gasteiger partial charge in [0.15, 0.2) is 5.82 Å². The molecule has 0 saturated heterocycles. The van der Waals surface area contributed by atoms with E-state index in [9.17, 15) is 18.0 Å². The van der Waals surface area contributed by atoms with E-state index in [2.05, 4.69) is 9.68 Å². The minimum atomic E-state index is -4.45. The molecule has 136 valence electrons. The van der Waals surface area contributed by atoms with E-state index in [-0.39, 0.29) is 12.4 Å². The van der Waals surface area contributed by atoms with E-state index in [0.717, 1.165) is 12.1 Å². The Hall–Kier alpha value is -2.74. The van der Waals surface area contributed by atoms with E-state index >= 15 is 0 Å². The molecule has 0 aliphatic heterocycles. The molecule has 0 amide bonds. The zero-order valence-electron chi connectivity index (χ0n) is 13.4. The molecular formula is C17H12ClF3N2O3. The first kappa shape index (κ1) is 18.1. The molecule has 0 aliphatic rings. The maximum absolute atomic E-state index is 12.7. The van der Waals surface area contributed by atoms with Crippen molar-refractivity contribution in [2.24, 2.45) is 0 Å². The largest absolute Gasteiger partial charge is 0.496 e. The minimum Gasteiger partial charge on any atom is -0.496 e. The Balaban J connectivity index is 2.00. The summed E-state index contributed by atoms with van der Waals surface area (Å²) in [7, 11) is 1.47. The zero-order valence-corrected chi connectivity index (χ0v) is 14.1. The van der Waals surface area contributed by atoms with Gasteiger partial charge in [0.2, 0.25) is 0 Å². The van der Waals surface area contributed by atoms with Crippen molar-refractivity contribution < 1.29 is 22.4 Å². The first-order valence-corrected chi connectivity index (χ1v) is 7.74. The standard InChI is InChI=1S/C17H12ClF3N2O3/c1-25-14-7-6-13(18)8-11(14)9-23-15(22-26-16(23)24)10-2-4-12(5-3-10)17(19,20)21/h2-8H,9H2,1H3. The zero-order chi connectivity index (χ0) is 18.9. The van der Waals surface area contributed by atoms with Gasteiger partial charge < -0.3 is 4.74 Å². The molecule has 0 unspecified atom stereocenters. The number of hydrogen-bond acceptors (Lipinski definition) is 4. The van der Waals surface area contributed by atoms with Crippen molar-refractivity contribution in [3.8, 4) is 17.1 Å². The number of ether oxygens (including phenoxy) is 1. The van der Waals surface area contributed by atoms with E-state index in [4.69, 9.17) is 16.3 Å². The summed E-state index contributed by atoms with van der Waals surface area (Å²) >= 11 is 5.98. The van der Waals surface area contributed by atoms with Gasteiger partial charge in [-0.2, -0.15) is 13.2 Å². The quantitative estimate of drug-likeness (QED) is 0.675. The molecule has 0 saturated carbocycles. The van der Waals surface area contributed by atoms with Gasteiger partial charge in [0, 0.05) is 16.1 Å². The second-order valence-corrected chi connectivity index (χ2v) is 5.83. The molecule has 5 nitrogen and oxygen atoms in total. The Kier molecular flexibility index (Phi) is 4.78. The second-order valence-electron chi connectivity index (χ2n) is 5.39. The molecule has 0 N–H and O–H groups in total. The summed E-state index contributed by atoms with van der Waals surface area (Å²) in [6.45, 7) is 0.0302. The van der Waals surface area contributed by atoms with Crippen LogP contribution in [0, 0.1) is 0 Å². The Labute approximate surface area is 150 Å². The Bertz CT molecular complexity index is 978. The van der Waals surface area contributed by atoms with Crippen LogP contribution >= 0.6 is 11.6 Å². The number of methoxy groups -OCH3 is 1. The predicted molar refractivity (Wildman–Crippen MR) is 88.3 cm³/mol. The summed E-state index contributed by atoms with van der Waals surface area (Å²) in [6, 6.07) is 9.19. The van der Waals surface area contributed by atoms with Gasteiger partial charge in [-0.1, -0.05) is 28.9 Å². The molecule has 0 atom stereocenters. The minimum absolute atomic E-state index is 0.0302. The lowest BCUT2D eigenvalue weighted by Gasteiger charge is -2.11. The first-order valence-electron chi connectivity index (χ1n) is 7.36. The third-order valence-corrected chi connectivity index (χ3v) is 3.96. The number of hydrogen-bond donors (Lipinski definition) is 0. The van der Waals surface area contributed by atoms with Crippen LogP contribution in [0.5, 0.6) is 5.75 Å². The summed E-state index contributed by atoms with van der Waals surface area (Å²) in [5.74, 6) is -0.145. The number of nitrogens with zero attached hydrogens (tertiary/aromatic N) is 2. The number of halogens is 4. The maximum Gasteiger partial charge on any atom is 0.442 e. The van der Waals surface area contributed by atoms with Crippen LogP contribution < -0.4 is 10.5 Å². The molecule has 0 spiro atoms. The number of alkyl halides is 3. The summed E-state index contributed by atoms with van der Waals surface area (Å²) in [4.78, 5) is 12.0. The molecule has 0 radical (unpaired) electrons. The van der Waals surface area contributed by atoms with Crippen molar-refractivity contribution in [3.05, 3.63) is 69.2 Å². The average molecular weight is 385 g/mol. The van der Waals surface area contributed by atoms with Crippen molar-refractivity contribution in [3.63, 3.8) is 0 Å². The third kappa shape index (κ3) is 3.60. The van der Waals surface area contributed by atoms with Gasteiger partial charge in [-0.15, -0.1) is 0 Å². The van der Waals surface area contributed by atoms with Crippen LogP contribution in [0.2, 0.25) is 5.02 Å². The van der Waals surface area contributed by atoms with Crippen molar-refractivity contribution in [2.75, 3.05) is 7.11 Å². The van der Waals surface area contributed by atoms with Crippen molar-refractivity contribution in [1.82, 2.24) is 9.72 Å². The van der Waals surface area contributed by atoms with Crippen LogP contribution in [0.25, 0.3) is 11.4 Å². The van der Waals surface area contributed by atoms with E-state index in [1.165, 1.54) is 23.8 Å². The van der Waals surface area contributed by atoms with Crippen LogP contribution in [-0.4, -0.2) is 16.8 Å². The van der Waals surface area contributed by atoms with Gasteiger partial charge in [0.1, 0.15) is 5.75 Å². The molecular weight excluding hydrogens is 373 g/mol. The van der Waals surface area contributed by atoms with Crippen molar-refractivity contribution >= 4 is 11.6 Å². The molecule has 3 aromatic rings. The fourth-order valence-electron chi connectivity index (χ4n) is 2.46. The Morgan fingerprint density at radius 1 is 1.19 bits per heavy atom. The van der Waals surface area contributed by atoms with Gasteiger partial charge in [-0.25, -0.2) is 4.79 Å². The molecule has 26 heavy (non-hydrogen) atoms. The fraction of sp³-hybridized carbons (Fsp3) is 0.176. The monoisotopic (exact) mass is 384 g/mol. The van der Waals surface area contributed by atoms with Gasteiger partial charge in [-0.3, -0.25) is 9.09 Å². The van der Waals surface area contributed by atoms with Crippen LogP contribution in [0.3, 0.4) is 0 Å². The van der Waals surface area contributed by atoms with E-state index in [1.807, 2.05) is 0 Å². The second kappa shape index (κ2) is 6.87. The highest BCUT2D eigenvalue weighted by molar-refractivity contribution is 6.30. The summed E-state index contributed by atoms with van der Waals surface area (Å²) in [5.41, 5.74) is 0.110. The Morgan fingerprint density at radius 2 is 1.88 bits per heavy atom. The number of benzene rings is 2. The third-order valence-electron chi connectivity index (χ3n) is 3.73. The van der Waals surface area contributed by atoms with Crippen LogP contribution in [-0.2, 0) is 12.7 Å². The number of aromatic nitrogens is 2. The number of rotatable bonds is 4. The van der Waals surface area contributed by atoms with Gasteiger partial charge >= 0.3 is 11.9 Å². The molecule has 2 aromatic carbocycles. The van der Waals surface area contributed by atoms with Crippen LogP contribution in [0.15, 0.2) is 51.8 Å². The lowest BCUT2D eigenvalue weighted by molar-refractivity contribution is -0.137. The molecule has 0 aliphatic carbocycles. The van der Waals surface area contributed by atoms with E-state index in [0.29, 0.717) is 21.9 Å². The molecule has 0 fully saturated rings. The van der Waals surface area contributed by atoms with Crippen molar-refractivity contribution in [2.45, 2.75) is 12.7 Å². The fourth-order valence-corrected chi connectivity index (χ4v) is 2.66. The Morgan fingerprint density at radius 3 is 2.50 bits per heavy atom. The summed E-state index contributed by atoms with van der Waals surface area (Å²) < 4.78 is 49.2.